The molecule has 0 unspecified atom stereocenters. The zero-order chi connectivity index (χ0) is 18.1. The number of aryl methyl sites for hydroxylation is 1. The third kappa shape index (κ3) is 4.02. The minimum absolute atomic E-state index is 0.00645. The summed E-state index contributed by atoms with van der Waals surface area (Å²) < 4.78 is 5.46. The smallest absolute Gasteiger partial charge is 0.271 e. The lowest BCUT2D eigenvalue weighted by molar-refractivity contribution is -0.384. The molecular formula is C18H20ClNO3S. The molecule has 0 heterocycles. The number of hydrogen-bond acceptors (Lipinski definition) is 4. The second-order valence-electron chi connectivity index (χ2n) is 6.54. The molecule has 24 heavy (non-hydrogen) atoms. The van der Waals surface area contributed by atoms with Crippen LogP contribution in [0.15, 0.2) is 40.1 Å². The summed E-state index contributed by atoms with van der Waals surface area (Å²) in [4.78, 5) is 12.3. The Morgan fingerprint density at radius 3 is 2.38 bits per heavy atom. The molecule has 128 valence electrons. The minimum Gasteiger partial charge on any atom is -0.496 e. The Morgan fingerprint density at radius 2 is 1.88 bits per heavy atom. The zero-order valence-electron chi connectivity index (χ0n) is 14.3. The molecule has 0 N–H and O–H groups in total. The van der Waals surface area contributed by atoms with Crippen LogP contribution < -0.4 is 4.74 Å². The van der Waals surface area contributed by atoms with Crippen molar-refractivity contribution < 1.29 is 9.66 Å². The van der Waals surface area contributed by atoms with Crippen LogP contribution in [-0.2, 0) is 5.41 Å². The number of ether oxygens (including phenoxy) is 1. The van der Waals surface area contributed by atoms with Gasteiger partial charge in [0.05, 0.1) is 17.1 Å². The number of nitro groups is 1. The van der Waals surface area contributed by atoms with Gasteiger partial charge >= 0.3 is 0 Å². The Bertz CT molecular complexity index is 761. The number of non-ortho nitro benzene ring substituents is 1. The highest BCUT2D eigenvalue weighted by molar-refractivity contribution is 7.99. The Kier molecular flexibility index (Phi) is 5.45. The standard InChI is InChI=1S/C18H20ClNO3S/c1-11-8-12(20(21)22)9-15(19)17(11)24-13-6-7-16(23-5)14(10-13)18(2,3)4/h6-10H,1-5H3. The molecule has 0 radical (unpaired) electrons. The van der Waals surface area contributed by atoms with Crippen LogP contribution in [0.3, 0.4) is 0 Å². The van der Waals surface area contributed by atoms with E-state index >= 15 is 0 Å². The first kappa shape index (κ1) is 18.6. The molecule has 4 nitrogen and oxygen atoms in total. The Hall–Kier alpha value is -1.72. The third-order valence-electron chi connectivity index (χ3n) is 3.62. The molecule has 2 rings (SSSR count). The molecule has 0 aliphatic rings. The first-order valence-corrected chi connectivity index (χ1v) is 8.64. The number of nitrogens with zero attached hydrogens (tertiary/aromatic N) is 1. The molecule has 2 aromatic rings. The number of halogens is 1. The van der Waals surface area contributed by atoms with Gasteiger partial charge in [-0.15, -0.1) is 0 Å². The molecule has 0 atom stereocenters. The lowest BCUT2D eigenvalue weighted by atomic mass is 9.86. The number of benzene rings is 2. The fraction of sp³-hybridized carbons (Fsp3) is 0.333. The molecule has 2 aromatic carbocycles. The van der Waals surface area contributed by atoms with E-state index in [2.05, 4.69) is 26.8 Å². The lowest BCUT2D eigenvalue weighted by Gasteiger charge is -2.23. The van der Waals surface area contributed by atoms with Gasteiger partial charge in [0.25, 0.3) is 5.69 Å². The van der Waals surface area contributed by atoms with E-state index in [9.17, 15) is 10.1 Å². The summed E-state index contributed by atoms with van der Waals surface area (Å²) in [6, 6.07) is 8.93. The summed E-state index contributed by atoms with van der Waals surface area (Å²) in [6.45, 7) is 8.21. The van der Waals surface area contributed by atoms with E-state index in [0.29, 0.717) is 5.02 Å². The molecule has 0 aromatic heterocycles. The van der Waals surface area contributed by atoms with Crippen LogP contribution in [0, 0.1) is 17.0 Å². The van der Waals surface area contributed by atoms with E-state index in [1.807, 2.05) is 19.1 Å². The normalized spacial score (nSPS) is 11.4. The van der Waals surface area contributed by atoms with Crippen molar-refractivity contribution in [3.05, 3.63) is 56.6 Å². The van der Waals surface area contributed by atoms with E-state index in [1.54, 1.807) is 13.2 Å². The van der Waals surface area contributed by atoms with Gasteiger partial charge in [-0.25, -0.2) is 0 Å². The molecule has 0 fully saturated rings. The highest BCUT2D eigenvalue weighted by Gasteiger charge is 2.20. The van der Waals surface area contributed by atoms with Gasteiger partial charge in [0, 0.05) is 27.5 Å². The average Bonchev–Trinajstić information content (AvgIpc) is 2.49. The zero-order valence-corrected chi connectivity index (χ0v) is 15.9. The van der Waals surface area contributed by atoms with Crippen LogP contribution in [0.1, 0.15) is 31.9 Å². The van der Waals surface area contributed by atoms with Crippen molar-refractivity contribution in [2.24, 2.45) is 0 Å². The fourth-order valence-corrected chi connectivity index (χ4v) is 3.70. The molecule has 6 heteroatoms. The van der Waals surface area contributed by atoms with Gasteiger partial charge in [0.1, 0.15) is 5.75 Å². The molecule has 0 spiro atoms. The van der Waals surface area contributed by atoms with Crippen LogP contribution in [0.5, 0.6) is 5.75 Å². The fourth-order valence-electron chi connectivity index (χ4n) is 2.40. The number of methoxy groups -OCH3 is 1. The predicted molar refractivity (Wildman–Crippen MR) is 98.7 cm³/mol. The Morgan fingerprint density at radius 1 is 1.21 bits per heavy atom. The van der Waals surface area contributed by atoms with Crippen molar-refractivity contribution in [2.45, 2.75) is 42.9 Å². The first-order valence-electron chi connectivity index (χ1n) is 7.44. The first-order chi connectivity index (χ1) is 11.1. The van der Waals surface area contributed by atoms with Crippen molar-refractivity contribution in [1.29, 1.82) is 0 Å². The molecule has 0 bridgehead atoms. The van der Waals surface area contributed by atoms with Crippen LogP contribution >= 0.6 is 23.4 Å². The molecule has 0 aliphatic heterocycles. The molecular weight excluding hydrogens is 346 g/mol. The maximum absolute atomic E-state index is 10.9. The lowest BCUT2D eigenvalue weighted by Crippen LogP contribution is -2.12. The Balaban J connectivity index is 2.44. The Labute approximate surface area is 151 Å². The maximum atomic E-state index is 10.9. The molecule has 0 saturated heterocycles. The van der Waals surface area contributed by atoms with Crippen molar-refractivity contribution in [3.8, 4) is 5.75 Å². The van der Waals surface area contributed by atoms with Crippen molar-refractivity contribution >= 4 is 29.1 Å². The largest absolute Gasteiger partial charge is 0.496 e. The van der Waals surface area contributed by atoms with Crippen molar-refractivity contribution in [1.82, 2.24) is 0 Å². The molecule has 0 amide bonds. The summed E-state index contributed by atoms with van der Waals surface area (Å²) >= 11 is 7.77. The van der Waals surface area contributed by atoms with Gasteiger partial charge < -0.3 is 4.74 Å². The van der Waals surface area contributed by atoms with E-state index in [-0.39, 0.29) is 11.1 Å². The van der Waals surface area contributed by atoms with Gasteiger partial charge in [-0.2, -0.15) is 0 Å². The predicted octanol–water partition coefficient (Wildman–Crippen LogP) is 6.01. The van der Waals surface area contributed by atoms with Gasteiger partial charge in [-0.05, 0) is 36.1 Å². The van der Waals surface area contributed by atoms with Crippen LogP contribution in [0.2, 0.25) is 5.02 Å². The van der Waals surface area contributed by atoms with E-state index in [0.717, 1.165) is 26.7 Å². The third-order valence-corrected chi connectivity index (χ3v) is 5.27. The second kappa shape index (κ2) is 7.03. The van der Waals surface area contributed by atoms with E-state index in [1.165, 1.54) is 17.8 Å². The van der Waals surface area contributed by atoms with Gasteiger partial charge in [0.15, 0.2) is 0 Å². The molecule has 0 aliphatic carbocycles. The monoisotopic (exact) mass is 365 g/mol. The SMILES string of the molecule is COc1ccc(Sc2c(C)cc([N+](=O)[O-])cc2Cl)cc1C(C)(C)C. The summed E-state index contributed by atoms with van der Waals surface area (Å²) in [5.41, 5.74) is 1.83. The second-order valence-corrected chi connectivity index (χ2v) is 8.04. The minimum atomic E-state index is -0.432. The van der Waals surface area contributed by atoms with Gasteiger partial charge in [0.2, 0.25) is 0 Å². The van der Waals surface area contributed by atoms with Crippen molar-refractivity contribution in [3.63, 3.8) is 0 Å². The number of hydrogen-bond donors (Lipinski definition) is 0. The average molecular weight is 366 g/mol. The topological polar surface area (TPSA) is 52.4 Å². The summed E-state index contributed by atoms with van der Waals surface area (Å²) in [5.74, 6) is 0.846. The van der Waals surface area contributed by atoms with Crippen LogP contribution in [0.4, 0.5) is 5.69 Å². The van der Waals surface area contributed by atoms with E-state index < -0.39 is 4.92 Å². The van der Waals surface area contributed by atoms with Crippen LogP contribution in [0.25, 0.3) is 0 Å². The quantitative estimate of drug-likeness (QED) is 0.491. The van der Waals surface area contributed by atoms with Crippen molar-refractivity contribution in [2.75, 3.05) is 7.11 Å². The summed E-state index contributed by atoms with van der Waals surface area (Å²) in [5, 5.41) is 11.3. The summed E-state index contributed by atoms with van der Waals surface area (Å²) in [6.07, 6.45) is 0. The number of nitro benzene ring substituents is 1. The van der Waals surface area contributed by atoms with Crippen LogP contribution in [-0.4, -0.2) is 12.0 Å². The van der Waals surface area contributed by atoms with E-state index in [4.69, 9.17) is 16.3 Å². The van der Waals surface area contributed by atoms with Gasteiger partial charge in [-0.1, -0.05) is 44.1 Å². The summed E-state index contributed by atoms with van der Waals surface area (Å²) in [7, 11) is 1.66. The maximum Gasteiger partial charge on any atom is 0.271 e. The molecule has 0 saturated carbocycles. The highest BCUT2D eigenvalue weighted by atomic mass is 35.5. The highest BCUT2D eigenvalue weighted by Crippen LogP contribution is 2.41. The van der Waals surface area contributed by atoms with Gasteiger partial charge in [-0.3, -0.25) is 10.1 Å². The number of rotatable bonds is 4.